The molecule has 9 nitrogen and oxygen atoms in total. The lowest BCUT2D eigenvalue weighted by molar-refractivity contribution is -0.139. The maximum Gasteiger partial charge on any atom is 0.407 e. The molecule has 1 aliphatic carbocycles. The quantitative estimate of drug-likeness (QED) is 0.293. The fourth-order valence-electron chi connectivity index (χ4n) is 7.37. The molecule has 246 valence electrons. The van der Waals surface area contributed by atoms with Gasteiger partial charge in [0.05, 0.1) is 6.04 Å². The van der Waals surface area contributed by atoms with Crippen LogP contribution in [0.2, 0.25) is 5.02 Å². The van der Waals surface area contributed by atoms with Gasteiger partial charge < -0.3 is 30.1 Å². The Bertz CT molecular complexity index is 1090. The number of ether oxygens (including phenoxy) is 1. The van der Waals surface area contributed by atoms with Crippen molar-refractivity contribution in [2.75, 3.05) is 26.2 Å². The standard InChI is InChI=1S/C34H54ClN5O4/c1-6-38(7-2)33(43)40(26-11-9-8-10-12-26)29-22-27-17-18-28(23-29)39(27)31(41)30(21-24-13-15-25(35)16-14-24)36-19-20-37-32(42)44-34(3,4)5/h13-16,26-30,36H,6-12,17-23H2,1-5H3,(H,37,42)/t27?,28?,29?,30-/m1/s1. The number of fused-ring (bicyclic) bond motifs is 2. The Labute approximate surface area is 269 Å². The molecule has 4 amide bonds. The number of nitrogens with one attached hydrogen (secondary N) is 2. The van der Waals surface area contributed by atoms with Crippen molar-refractivity contribution >= 4 is 29.6 Å². The van der Waals surface area contributed by atoms with E-state index >= 15 is 0 Å². The van der Waals surface area contributed by atoms with E-state index in [1.165, 1.54) is 19.3 Å². The van der Waals surface area contributed by atoms with Crippen LogP contribution in [0.25, 0.3) is 0 Å². The smallest absolute Gasteiger partial charge is 0.407 e. The van der Waals surface area contributed by atoms with Crippen LogP contribution in [0.5, 0.6) is 0 Å². The lowest BCUT2D eigenvalue weighted by Gasteiger charge is -2.48. The summed E-state index contributed by atoms with van der Waals surface area (Å²) in [6.45, 7) is 11.8. The minimum absolute atomic E-state index is 0.0995. The highest BCUT2D eigenvalue weighted by atomic mass is 35.5. The number of urea groups is 1. The molecular formula is C34H54ClN5O4. The Morgan fingerprint density at radius 2 is 1.55 bits per heavy atom. The number of amides is 4. The molecule has 3 atom stereocenters. The first-order chi connectivity index (χ1) is 21.0. The van der Waals surface area contributed by atoms with Crippen molar-refractivity contribution in [2.24, 2.45) is 0 Å². The zero-order valence-electron chi connectivity index (χ0n) is 27.4. The minimum Gasteiger partial charge on any atom is -0.444 e. The van der Waals surface area contributed by atoms with Crippen molar-refractivity contribution in [3.63, 3.8) is 0 Å². The van der Waals surface area contributed by atoms with Gasteiger partial charge in [-0.3, -0.25) is 4.79 Å². The van der Waals surface area contributed by atoms with E-state index < -0.39 is 17.7 Å². The zero-order valence-corrected chi connectivity index (χ0v) is 28.2. The third-order valence-electron chi connectivity index (χ3n) is 9.41. The average molecular weight is 632 g/mol. The molecule has 2 saturated heterocycles. The Balaban J connectivity index is 1.46. The van der Waals surface area contributed by atoms with Crippen LogP contribution in [0.4, 0.5) is 9.59 Å². The molecule has 2 bridgehead atoms. The number of alkyl carbamates (subject to hydrolysis) is 1. The average Bonchev–Trinajstić information content (AvgIpc) is 3.25. The van der Waals surface area contributed by atoms with E-state index in [1.807, 2.05) is 49.9 Å². The van der Waals surface area contributed by atoms with Crippen LogP contribution in [-0.4, -0.2) is 94.7 Å². The molecule has 0 spiro atoms. The van der Waals surface area contributed by atoms with Gasteiger partial charge in [-0.1, -0.05) is 43.0 Å². The number of hydrogen-bond donors (Lipinski definition) is 2. The maximum absolute atomic E-state index is 14.3. The Morgan fingerprint density at radius 3 is 2.11 bits per heavy atom. The largest absolute Gasteiger partial charge is 0.444 e. The molecule has 1 saturated carbocycles. The van der Waals surface area contributed by atoms with Crippen LogP contribution < -0.4 is 10.6 Å². The van der Waals surface area contributed by atoms with Crippen LogP contribution in [0.1, 0.15) is 98.0 Å². The highest BCUT2D eigenvalue weighted by Crippen LogP contribution is 2.40. The Kier molecular flexibility index (Phi) is 12.2. The monoisotopic (exact) mass is 631 g/mol. The summed E-state index contributed by atoms with van der Waals surface area (Å²) in [6, 6.07) is 8.06. The van der Waals surface area contributed by atoms with Gasteiger partial charge in [-0.15, -0.1) is 0 Å². The van der Waals surface area contributed by atoms with E-state index in [0.29, 0.717) is 43.7 Å². The van der Waals surface area contributed by atoms with Crippen molar-refractivity contribution < 1.29 is 19.1 Å². The number of halogens is 1. The lowest BCUT2D eigenvalue weighted by atomic mass is 9.89. The van der Waals surface area contributed by atoms with Gasteiger partial charge in [0.2, 0.25) is 5.91 Å². The number of rotatable bonds is 11. The van der Waals surface area contributed by atoms with Gasteiger partial charge >= 0.3 is 12.1 Å². The second-order valence-corrected chi connectivity index (χ2v) is 14.1. The molecule has 3 fully saturated rings. The number of benzene rings is 1. The number of nitrogens with zero attached hydrogens (tertiary/aromatic N) is 3. The molecule has 2 unspecified atom stereocenters. The van der Waals surface area contributed by atoms with Gasteiger partial charge in [0, 0.05) is 55.4 Å². The van der Waals surface area contributed by atoms with E-state index in [1.54, 1.807) is 0 Å². The summed E-state index contributed by atoms with van der Waals surface area (Å²) < 4.78 is 5.35. The van der Waals surface area contributed by atoms with E-state index in [-0.39, 0.29) is 30.1 Å². The number of hydrogen-bond acceptors (Lipinski definition) is 5. The van der Waals surface area contributed by atoms with Crippen molar-refractivity contribution in [3.8, 4) is 0 Å². The Morgan fingerprint density at radius 1 is 0.932 bits per heavy atom. The zero-order chi connectivity index (χ0) is 31.9. The summed E-state index contributed by atoms with van der Waals surface area (Å²) in [5.74, 6) is 0.0995. The summed E-state index contributed by atoms with van der Waals surface area (Å²) in [7, 11) is 0. The van der Waals surface area contributed by atoms with Crippen LogP contribution in [-0.2, 0) is 16.0 Å². The van der Waals surface area contributed by atoms with E-state index in [9.17, 15) is 14.4 Å². The number of carbonyl (C=O) groups excluding carboxylic acids is 3. The molecule has 4 rings (SSSR count). The predicted octanol–water partition coefficient (Wildman–Crippen LogP) is 5.98. The number of piperidine rings is 1. The molecule has 2 aliphatic heterocycles. The molecule has 1 aromatic rings. The van der Waals surface area contributed by atoms with E-state index in [4.69, 9.17) is 16.3 Å². The SMILES string of the molecule is CCN(CC)C(=O)N(C1CCCCC1)C1CC2CCC(C1)N2C(=O)[C@@H](Cc1ccc(Cl)cc1)NCCNC(=O)OC(C)(C)C. The van der Waals surface area contributed by atoms with Crippen molar-refractivity contribution in [1.29, 1.82) is 0 Å². The molecular weight excluding hydrogens is 578 g/mol. The van der Waals surface area contributed by atoms with Crippen molar-refractivity contribution in [2.45, 2.75) is 135 Å². The first-order valence-corrected chi connectivity index (χ1v) is 17.2. The van der Waals surface area contributed by atoms with E-state index in [0.717, 1.165) is 44.1 Å². The van der Waals surface area contributed by atoms with Gasteiger partial charge in [0.1, 0.15) is 5.60 Å². The van der Waals surface area contributed by atoms with Gasteiger partial charge in [-0.2, -0.15) is 0 Å². The van der Waals surface area contributed by atoms with Crippen LogP contribution >= 0.6 is 11.6 Å². The molecule has 0 aromatic heterocycles. The van der Waals surface area contributed by atoms with Gasteiger partial charge in [0.25, 0.3) is 0 Å². The third-order valence-corrected chi connectivity index (χ3v) is 9.67. The number of carbonyl (C=O) groups is 3. The van der Waals surface area contributed by atoms with Crippen LogP contribution in [0.15, 0.2) is 24.3 Å². The highest BCUT2D eigenvalue weighted by Gasteiger charge is 2.48. The van der Waals surface area contributed by atoms with E-state index in [2.05, 4.69) is 34.3 Å². The summed E-state index contributed by atoms with van der Waals surface area (Å²) in [6.07, 6.45) is 9.42. The highest BCUT2D eigenvalue weighted by molar-refractivity contribution is 6.30. The third kappa shape index (κ3) is 9.03. The van der Waals surface area contributed by atoms with Gasteiger partial charge in [-0.25, -0.2) is 9.59 Å². The summed E-state index contributed by atoms with van der Waals surface area (Å²) in [5, 5.41) is 6.88. The Hall–Kier alpha value is -2.52. The molecule has 1 aromatic carbocycles. The summed E-state index contributed by atoms with van der Waals surface area (Å²) in [5.41, 5.74) is 0.453. The normalized spacial score (nSPS) is 22.8. The minimum atomic E-state index is -0.571. The van der Waals surface area contributed by atoms with Crippen LogP contribution in [0.3, 0.4) is 0 Å². The lowest BCUT2D eigenvalue weighted by Crippen LogP contribution is -2.61. The fraction of sp³-hybridized carbons (Fsp3) is 0.735. The predicted molar refractivity (Wildman–Crippen MR) is 175 cm³/mol. The maximum atomic E-state index is 14.3. The molecule has 44 heavy (non-hydrogen) atoms. The van der Waals surface area contributed by atoms with Gasteiger partial charge in [-0.05, 0) is 97.3 Å². The second-order valence-electron chi connectivity index (χ2n) is 13.7. The summed E-state index contributed by atoms with van der Waals surface area (Å²) in [4.78, 5) is 46.7. The fourth-order valence-corrected chi connectivity index (χ4v) is 7.50. The molecule has 3 aliphatic rings. The molecule has 10 heteroatoms. The van der Waals surface area contributed by atoms with Crippen molar-refractivity contribution in [1.82, 2.24) is 25.3 Å². The topological polar surface area (TPSA) is 94.2 Å². The molecule has 0 radical (unpaired) electrons. The second kappa shape index (κ2) is 15.7. The van der Waals surface area contributed by atoms with Crippen LogP contribution in [0, 0.1) is 0 Å². The van der Waals surface area contributed by atoms with Crippen molar-refractivity contribution in [3.05, 3.63) is 34.9 Å². The summed E-state index contributed by atoms with van der Waals surface area (Å²) >= 11 is 6.14. The molecule has 2 heterocycles. The first kappa shape index (κ1) is 34.4. The van der Waals surface area contributed by atoms with Gasteiger partial charge in [0.15, 0.2) is 0 Å². The molecule has 2 N–H and O–H groups in total. The first-order valence-electron chi connectivity index (χ1n) is 16.8.